The molecular formula is C18H23N3O2. The number of amides is 1. The summed E-state index contributed by atoms with van der Waals surface area (Å²) >= 11 is 0. The van der Waals surface area contributed by atoms with Crippen molar-refractivity contribution >= 4 is 11.8 Å². The van der Waals surface area contributed by atoms with Gasteiger partial charge < -0.3 is 15.4 Å². The number of ether oxygens (including phenoxy) is 1. The first-order chi connectivity index (χ1) is 10.9. The molecule has 0 aliphatic heterocycles. The van der Waals surface area contributed by atoms with Crippen molar-refractivity contribution in [3.05, 3.63) is 59.9 Å². The number of hydrogen-bond donors (Lipinski definition) is 2. The summed E-state index contributed by atoms with van der Waals surface area (Å²) in [6, 6.07) is 11.9. The second-order valence-corrected chi connectivity index (χ2v) is 6.27. The van der Waals surface area contributed by atoms with Gasteiger partial charge in [-0.05, 0) is 50.1 Å². The topological polar surface area (TPSA) is 63.2 Å². The first kappa shape index (κ1) is 16.8. The minimum atomic E-state index is -0.489. The largest absolute Gasteiger partial charge is 0.444 e. The molecule has 5 nitrogen and oxygen atoms in total. The molecule has 0 atom stereocenters. The average molecular weight is 313 g/mol. The summed E-state index contributed by atoms with van der Waals surface area (Å²) in [5.74, 6) is 0. The van der Waals surface area contributed by atoms with Gasteiger partial charge in [0.1, 0.15) is 5.60 Å². The Bertz CT molecular complexity index is 636. The molecule has 0 bridgehead atoms. The minimum absolute atomic E-state index is 0.411. The standard InChI is InChI=1S/C18H23N3O2/c1-18(2,3)23-17(22)21-12-14-6-4-8-16(10-14)20-13-15-7-5-9-19-11-15/h4-11,20H,12-13H2,1-3H3,(H,21,22). The predicted molar refractivity (Wildman–Crippen MR) is 91.1 cm³/mol. The van der Waals surface area contributed by atoms with Gasteiger partial charge in [0.25, 0.3) is 0 Å². The summed E-state index contributed by atoms with van der Waals surface area (Å²) < 4.78 is 5.22. The van der Waals surface area contributed by atoms with Crippen LogP contribution in [0.25, 0.3) is 0 Å². The van der Waals surface area contributed by atoms with E-state index in [-0.39, 0.29) is 0 Å². The van der Waals surface area contributed by atoms with Crippen LogP contribution in [0.3, 0.4) is 0 Å². The Hall–Kier alpha value is -2.56. The van der Waals surface area contributed by atoms with E-state index in [1.165, 1.54) is 0 Å². The molecule has 5 heteroatoms. The van der Waals surface area contributed by atoms with Crippen molar-refractivity contribution in [2.24, 2.45) is 0 Å². The Morgan fingerprint density at radius 3 is 2.61 bits per heavy atom. The fourth-order valence-electron chi connectivity index (χ4n) is 1.99. The van der Waals surface area contributed by atoms with Crippen molar-refractivity contribution in [3.63, 3.8) is 0 Å². The van der Waals surface area contributed by atoms with Crippen LogP contribution < -0.4 is 10.6 Å². The minimum Gasteiger partial charge on any atom is -0.444 e. The van der Waals surface area contributed by atoms with Crippen LogP contribution in [0, 0.1) is 0 Å². The molecular weight excluding hydrogens is 290 g/mol. The molecule has 122 valence electrons. The number of benzene rings is 1. The van der Waals surface area contributed by atoms with Crippen LogP contribution in [-0.4, -0.2) is 16.7 Å². The van der Waals surface area contributed by atoms with E-state index in [0.29, 0.717) is 13.1 Å². The van der Waals surface area contributed by atoms with Crippen LogP contribution in [0.4, 0.5) is 10.5 Å². The fourth-order valence-corrected chi connectivity index (χ4v) is 1.99. The molecule has 0 aliphatic rings. The lowest BCUT2D eigenvalue weighted by Crippen LogP contribution is -2.32. The summed E-state index contributed by atoms with van der Waals surface area (Å²) in [5, 5.41) is 6.10. The van der Waals surface area contributed by atoms with E-state index in [1.807, 2.05) is 63.4 Å². The van der Waals surface area contributed by atoms with E-state index in [9.17, 15) is 4.79 Å². The monoisotopic (exact) mass is 313 g/mol. The lowest BCUT2D eigenvalue weighted by Gasteiger charge is -2.19. The molecule has 0 spiro atoms. The smallest absolute Gasteiger partial charge is 0.407 e. The lowest BCUT2D eigenvalue weighted by molar-refractivity contribution is 0.0523. The Balaban J connectivity index is 1.86. The number of rotatable bonds is 5. The third kappa shape index (κ3) is 6.38. The molecule has 2 N–H and O–H groups in total. The zero-order valence-electron chi connectivity index (χ0n) is 13.8. The van der Waals surface area contributed by atoms with Crippen molar-refractivity contribution in [1.82, 2.24) is 10.3 Å². The molecule has 0 aliphatic carbocycles. The van der Waals surface area contributed by atoms with Gasteiger partial charge in [-0.2, -0.15) is 0 Å². The van der Waals surface area contributed by atoms with Gasteiger partial charge in [-0.1, -0.05) is 18.2 Å². The summed E-state index contributed by atoms with van der Waals surface area (Å²) in [6.07, 6.45) is 3.18. The third-order valence-corrected chi connectivity index (χ3v) is 2.98. The van der Waals surface area contributed by atoms with E-state index >= 15 is 0 Å². The summed E-state index contributed by atoms with van der Waals surface area (Å²) in [5.41, 5.74) is 2.63. The maximum absolute atomic E-state index is 11.7. The van der Waals surface area contributed by atoms with Crippen molar-refractivity contribution in [1.29, 1.82) is 0 Å². The van der Waals surface area contributed by atoms with Gasteiger partial charge in [0.15, 0.2) is 0 Å². The van der Waals surface area contributed by atoms with Gasteiger partial charge in [0, 0.05) is 31.2 Å². The molecule has 23 heavy (non-hydrogen) atoms. The number of anilines is 1. The maximum atomic E-state index is 11.7. The van der Waals surface area contributed by atoms with Crippen LogP contribution in [0.15, 0.2) is 48.8 Å². The Morgan fingerprint density at radius 2 is 1.91 bits per heavy atom. The van der Waals surface area contributed by atoms with E-state index < -0.39 is 11.7 Å². The molecule has 1 heterocycles. The first-order valence-corrected chi connectivity index (χ1v) is 7.61. The summed E-state index contributed by atoms with van der Waals surface area (Å²) in [6.45, 7) is 6.66. The van der Waals surface area contributed by atoms with Crippen LogP contribution in [0.1, 0.15) is 31.9 Å². The normalized spacial score (nSPS) is 10.9. The molecule has 0 radical (unpaired) electrons. The highest BCUT2D eigenvalue weighted by Gasteiger charge is 2.15. The van der Waals surface area contributed by atoms with Crippen LogP contribution in [0.2, 0.25) is 0 Å². The highest BCUT2D eigenvalue weighted by molar-refractivity contribution is 5.67. The number of carbonyl (C=O) groups excluding carboxylic acids is 1. The van der Waals surface area contributed by atoms with Gasteiger partial charge in [0.05, 0.1) is 0 Å². The van der Waals surface area contributed by atoms with Crippen molar-refractivity contribution < 1.29 is 9.53 Å². The zero-order valence-corrected chi connectivity index (χ0v) is 13.8. The Morgan fingerprint density at radius 1 is 1.13 bits per heavy atom. The van der Waals surface area contributed by atoms with Crippen molar-refractivity contribution in [3.8, 4) is 0 Å². The third-order valence-electron chi connectivity index (χ3n) is 2.98. The second-order valence-electron chi connectivity index (χ2n) is 6.27. The zero-order chi connectivity index (χ0) is 16.7. The molecule has 1 aromatic heterocycles. The molecule has 0 saturated carbocycles. The molecule has 2 rings (SSSR count). The van der Waals surface area contributed by atoms with Gasteiger partial charge in [-0.25, -0.2) is 4.79 Å². The summed E-state index contributed by atoms with van der Waals surface area (Å²) in [7, 11) is 0. The number of aromatic nitrogens is 1. The van der Waals surface area contributed by atoms with Crippen molar-refractivity contribution in [2.45, 2.75) is 39.5 Å². The lowest BCUT2D eigenvalue weighted by atomic mass is 10.2. The average Bonchev–Trinajstić information content (AvgIpc) is 2.51. The van der Waals surface area contributed by atoms with Crippen LogP contribution >= 0.6 is 0 Å². The predicted octanol–water partition coefficient (Wildman–Crippen LogP) is 3.72. The highest BCUT2D eigenvalue weighted by atomic mass is 16.6. The van der Waals surface area contributed by atoms with Gasteiger partial charge >= 0.3 is 6.09 Å². The van der Waals surface area contributed by atoms with Crippen LogP contribution in [0.5, 0.6) is 0 Å². The summed E-state index contributed by atoms with van der Waals surface area (Å²) in [4.78, 5) is 15.8. The van der Waals surface area contributed by atoms with E-state index in [0.717, 1.165) is 16.8 Å². The number of hydrogen-bond acceptors (Lipinski definition) is 4. The van der Waals surface area contributed by atoms with Crippen LogP contribution in [-0.2, 0) is 17.8 Å². The van der Waals surface area contributed by atoms with E-state index in [1.54, 1.807) is 6.20 Å². The Labute approximate surface area is 137 Å². The van der Waals surface area contributed by atoms with Gasteiger partial charge in [-0.15, -0.1) is 0 Å². The van der Waals surface area contributed by atoms with E-state index in [2.05, 4.69) is 15.6 Å². The quantitative estimate of drug-likeness (QED) is 0.883. The molecule has 1 aromatic carbocycles. The second kappa shape index (κ2) is 7.63. The number of alkyl carbamates (subject to hydrolysis) is 1. The van der Waals surface area contributed by atoms with E-state index in [4.69, 9.17) is 4.74 Å². The molecule has 2 aromatic rings. The number of carbonyl (C=O) groups is 1. The number of pyridine rings is 1. The molecule has 1 amide bonds. The maximum Gasteiger partial charge on any atom is 0.407 e. The fraction of sp³-hybridized carbons (Fsp3) is 0.333. The van der Waals surface area contributed by atoms with Gasteiger partial charge in [0.2, 0.25) is 0 Å². The highest BCUT2D eigenvalue weighted by Crippen LogP contribution is 2.12. The molecule has 0 saturated heterocycles. The van der Waals surface area contributed by atoms with Gasteiger partial charge in [-0.3, -0.25) is 4.98 Å². The first-order valence-electron chi connectivity index (χ1n) is 7.61. The molecule has 0 fully saturated rings. The van der Waals surface area contributed by atoms with Crippen molar-refractivity contribution in [2.75, 3.05) is 5.32 Å². The number of nitrogens with one attached hydrogen (secondary N) is 2. The molecule has 0 unspecified atom stereocenters. The Kier molecular flexibility index (Phi) is 5.57. The number of nitrogens with zero attached hydrogens (tertiary/aromatic N) is 1. The SMILES string of the molecule is CC(C)(C)OC(=O)NCc1cccc(NCc2cccnc2)c1.